The predicted molar refractivity (Wildman–Crippen MR) is 185 cm³/mol. The number of carbonyl (C=O) groups excluding carboxylic acids is 1. The Hall–Kier alpha value is -1.98. The van der Waals surface area contributed by atoms with Crippen LogP contribution in [0, 0.1) is 0 Å². The van der Waals surface area contributed by atoms with E-state index < -0.39 is 7.25 Å². The maximum Gasteiger partial charge on any atom is 0.673 e. The summed E-state index contributed by atoms with van der Waals surface area (Å²) in [5.74, 6) is 0.00276. The molecule has 0 radical (unpaired) electrons. The van der Waals surface area contributed by atoms with Gasteiger partial charge in [0, 0.05) is 43.6 Å². The van der Waals surface area contributed by atoms with E-state index in [0.717, 1.165) is 26.9 Å². The average molecular weight is 672 g/mol. The van der Waals surface area contributed by atoms with Crippen molar-refractivity contribution >= 4 is 54.0 Å². The fourth-order valence-electron chi connectivity index (χ4n) is 4.00. The number of nitrogens with two attached hydrogens (primary N) is 1. The minimum Gasteiger partial charge on any atom is -0.444 e. The lowest BCUT2D eigenvalue weighted by Gasteiger charge is -2.28. The first kappa shape index (κ1) is 38.2. The molecule has 244 valence electrons. The molecule has 0 saturated heterocycles. The lowest BCUT2D eigenvalue weighted by atomic mass is 9.80. The van der Waals surface area contributed by atoms with Gasteiger partial charge in [-0.2, -0.15) is 0 Å². The molecule has 3 nitrogen and oxygen atoms in total. The van der Waals surface area contributed by atoms with Gasteiger partial charge in [0.15, 0.2) is 16.0 Å². The summed E-state index contributed by atoms with van der Waals surface area (Å²) < 4.78 is 45.2. The summed E-state index contributed by atoms with van der Waals surface area (Å²) in [5.41, 5.74) is 11.3. The fraction of sp³-hybridized carbons (Fsp3) is 0.515. The first-order chi connectivity index (χ1) is 19.5. The van der Waals surface area contributed by atoms with Crippen LogP contribution in [0.4, 0.5) is 17.3 Å². The van der Waals surface area contributed by atoms with Crippen LogP contribution in [0.2, 0.25) is 0 Å². The molecule has 44 heavy (non-hydrogen) atoms. The number of thioether (sulfide) groups is 2. The lowest BCUT2D eigenvalue weighted by Crippen LogP contribution is -2.28. The van der Waals surface area contributed by atoms with E-state index in [1.54, 1.807) is 23.5 Å². The molecule has 0 amide bonds. The van der Waals surface area contributed by atoms with E-state index in [0.29, 0.717) is 16.8 Å². The molecule has 1 aromatic heterocycles. The highest BCUT2D eigenvalue weighted by atomic mass is 32.2. The Labute approximate surface area is 273 Å². The first-order valence-electron chi connectivity index (χ1n) is 14.4. The summed E-state index contributed by atoms with van der Waals surface area (Å²) in [6.07, 6.45) is 6.04. The van der Waals surface area contributed by atoms with E-state index in [-0.39, 0.29) is 26.1 Å². The van der Waals surface area contributed by atoms with Gasteiger partial charge in [0.25, 0.3) is 0 Å². The van der Waals surface area contributed by atoms with Crippen LogP contribution in [-0.2, 0) is 20.4 Å². The monoisotopic (exact) mass is 671 g/mol. The van der Waals surface area contributed by atoms with Gasteiger partial charge in [-0.15, -0.1) is 0 Å². The summed E-state index contributed by atoms with van der Waals surface area (Å²) in [4.78, 5) is 16.1. The highest BCUT2D eigenvalue weighted by molar-refractivity contribution is 8.05. The summed E-state index contributed by atoms with van der Waals surface area (Å²) in [6.45, 7) is 28.4. The highest BCUT2D eigenvalue weighted by Crippen LogP contribution is 2.44. The van der Waals surface area contributed by atoms with Crippen molar-refractivity contribution in [3.8, 4) is 0 Å². The van der Waals surface area contributed by atoms with Crippen molar-refractivity contribution in [3.05, 3.63) is 77.8 Å². The number of halogens is 4. The van der Waals surface area contributed by atoms with E-state index >= 15 is 0 Å². The summed E-state index contributed by atoms with van der Waals surface area (Å²) in [5, 5.41) is 1.67. The van der Waals surface area contributed by atoms with Crippen LogP contribution in [0.15, 0.2) is 62.5 Å². The second-order valence-corrected chi connectivity index (χ2v) is 19.6. The second-order valence-electron chi connectivity index (χ2n) is 14.8. The van der Waals surface area contributed by atoms with Gasteiger partial charge in [0.05, 0.1) is 5.70 Å². The average Bonchev–Trinajstić information content (AvgIpc) is 2.78. The van der Waals surface area contributed by atoms with Crippen LogP contribution in [0.3, 0.4) is 0 Å². The van der Waals surface area contributed by atoms with Gasteiger partial charge in [0.2, 0.25) is 21.1 Å². The van der Waals surface area contributed by atoms with E-state index in [9.17, 15) is 22.1 Å². The maximum absolute atomic E-state index is 13.5. The maximum atomic E-state index is 13.5. The van der Waals surface area contributed by atoms with Gasteiger partial charge >= 0.3 is 7.25 Å². The molecule has 0 atom stereocenters. The van der Waals surface area contributed by atoms with Gasteiger partial charge in [-0.25, -0.2) is 0 Å². The topological polar surface area (TPSA) is 52.3 Å². The van der Waals surface area contributed by atoms with Crippen LogP contribution in [0.1, 0.15) is 105 Å². The van der Waals surface area contributed by atoms with Crippen LogP contribution in [0.5, 0.6) is 0 Å². The zero-order valence-electron chi connectivity index (χ0n) is 28.1. The molecular weight excluding hydrogens is 625 g/mol. The van der Waals surface area contributed by atoms with E-state index in [4.69, 9.17) is 10.5 Å². The number of Topliss-reactive ketones (excluding diaryl/α,β-unsaturated/α-hetero) is 1. The molecule has 0 unspecified atom stereocenters. The highest BCUT2D eigenvalue weighted by Gasteiger charge is 2.36. The van der Waals surface area contributed by atoms with E-state index in [1.165, 1.54) is 9.75 Å². The number of hydrogen-bond donors (Lipinski definition) is 1. The molecule has 11 heteroatoms. The first-order valence-corrected chi connectivity index (χ1v) is 16.8. The van der Waals surface area contributed by atoms with Crippen molar-refractivity contribution in [2.45, 2.75) is 110 Å². The third-order valence-electron chi connectivity index (χ3n) is 6.01. The van der Waals surface area contributed by atoms with Crippen molar-refractivity contribution in [2.75, 3.05) is 0 Å². The number of hydrogen-bond acceptors (Lipinski definition) is 5. The molecule has 0 spiro atoms. The Morgan fingerprint density at radius 1 is 0.818 bits per heavy atom. The van der Waals surface area contributed by atoms with Gasteiger partial charge in [-0.3, -0.25) is 4.79 Å². The smallest absolute Gasteiger partial charge is 0.444 e. The Morgan fingerprint density at radius 2 is 1.20 bits per heavy atom. The molecule has 0 fully saturated rings. The molecular formula is C33H46BF4NO2S3. The Bertz CT molecular complexity index is 1370. The number of rotatable bonds is 4. The molecule has 1 aromatic rings. The van der Waals surface area contributed by atoms with Gasteiger partial charge < -0.3 is 27.7 Å². The number of carbonyl (C=O) groups is 1. The number of allylic oxidation sites excluding steroid dienone is 6. The predicted octanol–water partition coefficient (Wildman–Crippen LogP) is 11.2. The summed E-state index contributed by atoms with van der Waals surface area (Å²) in [6, 6.07) is 4.40. The Morgan fingerprint density at radius 3 is 1.52 bits per heavy atom. The normalized spacial score (nSPS) is 17.4. The largest absolute Gasteiger partial charge is 0.673 e. The third kappa shape index (κ3) is 11.8. The van der Waals surface area contributed by atoms with E-state index in [1.807, 2.05) is 36.5 Å². The van der Waals surface area contributed by atoms with Crippen molar-refractivity contribution in [1.82, 2.24) is 0 Å². The van der Waals surface area contributed by atoms with Crippen LogP contribution < -0.4 is 5.73 Å². The molecule has 1 aliphatic heterocycles. The Kier molecular flexibility index (Phi) is 11.6. The van der Waals surface area contributed by atoms with Crippen LogP contribution in [-0.4, -0.2) is 22.5 Å². The molecule has 1 aliphatic carbocycles. The molecule has 0 bridgehead atoms. The third-order valence-corrected chi connectivity index (χ3v) is 9.94. The SMILES string of the molecule is CC(=C1C=C(SC(C)(C)C)OC(SC(C)(C)C)=C1)C1=C(N)/C(=C\c2cc(C(C)(C)C)[s+]c(C(C)(C)C)c2)C1=O.F[B-](F)(F)F. The molecule has 2 N–H and O–H groups in total. The van der Waals surface area contributed by atoms with E-state index in [2.05, 4.69) is 95.2 Å². The summed E-state index contributed by atoms with van der Waals surface area (Å²) in [7, 11) is -6.00. The minimum atomic E-state index is -6.00. The molecule has 2 heterocycles. The summed E-state index contributed by atoms with van der Waals surface area (Å²) >= 11 is 5.21. The van der Waals surface area contributed by atoms with Crippen molar-refractivity contribution in [2.24, 2.45) is 5.73 Å². The lowest BCUT2D eigenvalue weighted by molar-refractivity contribution is -0.112. The molecule has 3 rings (SSSR count). The molecule has 2 aliphatic rings. The van der Waals surface area contributed by atoms with Gasteiger partial charge in [-0.05, 0) is 41.9 Å². The zero-order chi connectivity index (χ0) is 34.2. The fourth-order valence-corrected chi connectivity index (χ4v) is 7.13. The Balaban J connectivity index is 0.00000125. The number of ketones is 1. The zero-order valence-corrected chi connectivity index (χ0v) is 30.5. The van der Waals surface area contributed by atoms with Crippen molar-refractivity contribution in [3.63, 3.8) is 0 Å². The van der Waals surface area contributed by atoms with Crippen molar-refractivity contribution in [1.29, 1.82) is 0 Å². The quantitative estimate of drug-likeness (QED) is 0.149. The standard InChI is InChI=1S/C33H45NO2S3.BF4/c1-19(21-17-25(38-32(8,9)10)36-26(18-21)39-33(11,12)13)27-28(34)22(29(27)35)14-20-15-23(30(2,3)4)37-24(16-20)31(5,6)7;2-1(3,4)5/h14-18H,1-13H3,(H-,34,35);/q;-1/p+1/b22-14+;. The second kappa shape index (κ2) is 13.4. The van der Waals surface area contributed by atoms with Crippen LogP contribution >= 0.6 is 34.9 Å². The van der Waals surface area contributed by atoms with Crippen molar-refractivity contribution < 1.29 is 26.8 Å². The van der Waals surface area contributed by atoms with Gasteiger partial charge in [0.1, 0.15) is 0 Å². The molecule has 0 aromatic carbocycles. The number of ether oxygens (including phenoxy) is 1. The van der Waals surface area contributed by atoms with Gasteiger partial charge in [-0.1, -0.05) is 107 Å². The molecule has 0 saturated carbocycles. The van der Waals surface area contributed by atoms with Crippen LogP contribution in [0.25, 0.3) is 6.08 Å². The minimum absolute atomic E-state index is 0.00276.